The van der Waals surface area contributed by atoms with E-state index in [0.717, 1.165) is 0 Å². The Morgan fingerprint density at radius 2 is 1.83 bits per heavy atom. The van der Waals surface area contributed by atoms with Gasteiger partial charge in [0.2, 0.25) is 12.1 Å². The number of hydrogen-bond acceptors (Lipinski definition) is 13. The summed E-state index contributed by atoms with van der Waals surface area (Å²) in [6, 6.07) is 3.56. The van der Waals surface area contributed by atoms with Crippen LogP contribution in [0.15, 0.2) is 30.2 Å². The summed E-state index contributed by atoms with van der Waals surface area (Å²) in [5.41, 5.74) is -3.67. The molecule has 0 spiro atoms. The molecule has 0 bridgehead atoms. The summed E-state index contributed by atoms with van der Waals surface area (Å²) >= 11 is 0. The minimum atomic E-state index is -2.04. The van der Waals surface area contributed by atoms with Gasteiger partial charge in [0.05, 0.1) is 41.0 Å². The molecule has 4 aliphatic rings. The van der Waals surface area contributed by atoms with Gasteiger partial charge in [0.25, 0.3) is 0 Å². The lowest BCUT2D eigenvalue weighted by Crippen LogP contribution is -2.56. The van der Waals surface area contributed by atoms with Gasteiger partial charge in [-0.3, -0.25) is 14.4 Å². The van der Waals surface area contributed by atoms with Crippen molar-refractivity contribution in [3.63, 3.8) is 0 Å². The molecule has 2 aromatic rings. The monoisotopic (exact) mass is 639 g/mol. The lowest BCUT2D eigenvalue weighted by Gasteiger charge is -2.45. The molecular formula is C33H37NO12. The molecule has 246 valence electrons. The first-order valence-electron chi connectivity index (χ1n) is 15.2. The molecule has 6 rings (SSSR count). The molecule has 2 aliphatic heterocycles. The summed E-state index contributed by atoms with van der Waals surface area (Å²) < 4.78 is 24.5. The number of Topliss-reactive ketones (excluding diaryl/α,β-unsaturated/α-hetero) is 1. The molecule has 0 amide bonds. The number of ketones is 3. The van der Waals surface area contributed by atoms with E-state index in [2.05, 4.69) is 5.32 Å². The van der Waals surface area contributed by atoms with E-state index in [-0.39, 0.29) is 47.6 Å². The van der Waals surface area contributed by atoms with Crippen LogP contribution in [0.2, 0.25) is 0 Å². The third kappa shape index (κ3) is 5.31. The van der Waals surface area contributed by atoms with E-state index in [9.17, 15) is 39.9 Å². The number of benzene rings is 2. The molecule has 2 heterocycles. The predicted octanol–water partition coefficient (Wildman–Crippen LogP) is 2.37. The number of phenols is 3. The van der Waals surface area contributed by atoms with Gasteiger partial charge in [0.15, 0.2) is 17.9 Å². The maximum atomic E-state index is 13.6. The van der Waals surface area contributed by atoms with Crippen molar-refractivity contribution in [2.45, 2.75) is 102 Å². The normalized spacial score (nSPS) is 32.2. The van der Waals surface area contributed by atoms with Crippen LogP contribution in [0, 0.1) is 0 Å². The second-order valence-electron chi connectivity index (χ2n) is 12.6. The summed E-state index contributed by atoms with van der Waals surface area (Å²) in [4.78, 5) is 39.9. The van der Waals surface area contributed by atoms with Crippen molar-refractivity contribution in [2.24, 2.45) is 0 Å². The fourth-order valence-electron chi connectivity index (χ4n) is 6.88. The second kappa shape index (κ2) is 11.7. The first kappa shape index (κ1) is 32.0. The minimum Gasteiger partial charge on any atom is -0.507 e. The van der Waals surface area contributed by atoms with E-state index in [1.165, 1.54) is 25.1 Å². The van der Waals surface area contributed by atoms with E-state index in [1.807, 2.05) is 0 Å². The Bertz CT molecular complexity index is 1650. The van der Waals surface area contributed by atoms with Gasteiger partial charge in [-0.2, -0.15) is 0 Å². The molecule has 13 heteroatoms. The number of aliphatic hydroxyl groups excluding tert-OH is 1. The van der Waals surface area contributed by atoms with Gasteiger partial charge in [-0.05, 0) is 33.8 Å². The van der Waals surface area contributed by atoms with Crippen LogP contribution >= 0.6 is 0 Å². The zero-order chi connectivity index (χ0) is 33.2. The number of phenolic OH excluding ortho intramolecular Hbond substituents is 3. The Kier molecular flexibility index (Phi) is 8.10. The first-order chi connectivity index (χ1) is 21.7. The zero-order valence-corrected chi connectivity index (χ0v) is 25.8. The molecule has 0 saturated carbocycles. The predicted molar refractivity (Wildman–Crippen MR) is 158 cm³/mol. The van der Waals surface area contributed by atoms with Gasteiger partial charge in [0.1, 0.15) is 34.7 Å². The van der Waals surface area contributed by atoms with E-state index in [4.69, 9.17) is 18.9 Å². The molecule has 13 nitrogen and oxygen atoms in total. The van der Waals surface area contributed by atoms with Gasteiger partial charge in [-0.25, -0.2) is 0 Å². The van der Waals surface area contributed by atoms with Gasteiger partial charge in [-0.15, -0.1) is 0 Å². The zero-order valence-electron chi connectivity index (χ0n) is 25.8. The quantitative estimate of drug-likeness (QED) is 0.223. The summed E-state index contributed by atoms with van der Waals surface area (Å²) in [5, 5.41) is 58.2. The number of ether oxygens (including phenoxy) is 4. The van der Waals surface area contributed by atoms with Gasteiger partial charge in [0, 0.05) is 48.6 Å². The fraction of sp³-hybridized carbons (Fsp3) is 0.485. The van der Waals surface area contributed by atoms with E-state index < -0.39 is 94.7 Å². The number of rotatable bonds is 5. The Balaban J connectivity index is 1.38. The number of hydrogen-bond donors (Lipinski definition) is 6. The maximum absolute atomic E-state index is 13.6. The first-order valence-corrected chi connectivity index (χ1v) is 15.2. The van der Waals surface area contributed by atoms with Crippen LogP contribution in [0.5, 0.6) is 17.2 Å². The van der Waals surface area contributed by atoms with Crippen molar-refractivity contribution in [1.82, 2.24) is 5.32 Å². The Morgan fingerprint density at radius 1 is 1.11 bits per heavy atom. The number of aliphatic hydroxyl groups is 2. The highest BCUT2D eigenvalue weighted by atomic mass is 16.7. The van der Waals surface area contributed by atoms with Crippen LogP contribution in [-0.2, 0) is 30.2 Å². The van der Waals surface area contributed by atoms with Crippen LogP contribution in [-0.4, -0.2) is 85.4 Å². The molecule has 0 aromatic heterocycles. The standard InChI is InChI=1S/C33H37NO12/c1-13(35)8-22-43-14(2)12-34-19-9-23(44-15(3)32(19)46-22)45-21-11-33(42,16(4)36)10-18-25(21)31(41)27-26(29(18)39)28(38)17-6-5-7-20(37)24(17)30(27)40/h5-7,12-13,15,19,21-23,32,34-35,37,39,41-42H,8-11H2,1-4H3/b14-12-/t13?,15?,19?,21-,22?,23?,32?,33-/m0/s1. The summed E-state index contributed by atoms with van der Waals surface area (Å²) in [5.74, 6) is -3.56. The summed E-state index contributed by atoms with van der Waals surface area (Å²) in [7, 11) is 0. The highest BCUT2D eigenvalue weighted by Crippen LogP contribution is 2.52. The molecule has 2 aromatic carbocycles. The van der Waals surface area contributed by atoms with Crippen LogP contribution in [0.4, 0.5) is 0 Å². The molecule has 1 fully saturated rings. The van der Waals surface area contributed by atoms with E-state index in [1.54, 1.807) is 27.0 Å². The number of aromatic hydroxyl groups is 3. The highest BCUT2D eigenvalue weighted by molar-refractivity contribution is 6.31. The van der Waals surface area contributed by atoms with Crippen molar-refractivity contribution in [3.8, 4) is 17.2 Å². The molecule has 6 unspecified atom stereocenters. The van der Waals surface area contributed by atoms with Crippen molar-refractivity contribution in [3.05, 3.63) is 63.5 Å². The third-order valence-electron chi connectivity index (χ3n) is 9.18. The van der Waals surface area contributed by atoms with Crippen molar-refractivity contribution >= 4 is 17.3 Å². The van der Waals surface area contributed by atoms with Crippen molar-refractivity contribution < 1.29 is 58.9 Å². The van der Waals surface area contributed by atoms with Gasteiger partial charge < -0.3 is 49.8 Å². The van der Waals surface area contributed by atoms with Gasteiger partial charge in [-0.1, -0.05) is 12.1 Å². The molecule has 2 aliphatic carbocycles. The molecule has 6 N–H and O–H groups in total. The summed E-state index contributed by atoms with van der Waals surface area (Å²) in [6.45, 7) is 6.32. The minimum absolute atomic E-state index is 0.0661. The largest absolute Gasteiger partial charge is 0.507 e. The number of fused-ring (bicyclic) bond motifs is 4. The Labute approximate surface area is 264 Å². The number of carbonyl (C=O) groups is 3. The average Bonchev–Trinajstić information content (AvgIpc) is 2.96. The second-order valence-corrected chi connectivity index (χ2v) is 12.6. The summed E-state index contributed by atoms with van der Waals surface area (Å²) in [6.07, 6.45) is -3.47. The molecular weight excluding hydrogens is 602 g/mol. The smallest absolute Gasteiger partial charge is 0.202 e. The lowest BCUT2D eigenvalue weighted by molar-refractivity contribution is -0.279. The number of allylic oxidation sites excluding steroid dienone is 1. The SMILES string of the molecule is CC(=O)[C@]1(O)Cc2c(O)c3c(c(O)c2[C@@H](OC2CC4N/C=C(/C)OC(CC(C)O)OC4C(C)O2)C1)C(=O)c1c(O)cccc1C3=O. The van der Waals surface area contributed by atoms with Crippen LogP contribution in [0.3, 0.4) is 0 Å². The number of carbonyl (C=O) groups excluding carboxylic acids is 3. The van der Waals surface area contributed by atoms with E-state index >= 15 is 0 Å². The van der Waals surface area contributed by atoms with Crippen LogP contribution in [0.25, 0.3) is 0 Å². The molecule has 1 saturated heterocycles. The van der Waals surface area contributed by atoms with Crippen LogP contribution < -0.4 is 5.32 Å². The van der Waals surface area contributed by atoms with Crippen molar-refractivity contribution in [1.29, 1.82) is 0 Å². The number of nitrogens with one attached hydrogen (secondary N) is 1. The van der Waals surface area contributed by atoms with Crippen LogP contribution in [0.1, 0.15) is 96.0 Å². The molecule has 46 heavy (non-hydrogen) atoms. The third-order valence-corrected chi connectivity index (χ3v) is 9.18. The Hall–Kier alpha value is -4.01. The Morgan fingerprint density at radius 3 is 2.52 bits per heavy atom. The van der Waals surface area contributed by atoms with Crippen molar-refractivity contribution in [2.75, 3.05) is 0 Å². The lowest BCUT2D eigenvalue weighted by atomic mass is 9.72. The topological polar surface area (TPSA) is 201 Å². The van der Waals surface area contributed by atoms with E-state index in [0.29, 0.717) is 5.76 Å². The highest BCUT2D eigenvalue weighted by Gasteiger charge is 2.50. The molecule has 8 atom stereocenters. The average molecular weight is 640 g/mol. The fourth-order valence-corrected chi connectivity index (χ4v) is 6.88. The van der Waals surface area contributed by atoms with Gasteiger partial charge >= 0.3 is 0 Å². The maximum Gasteiger partial charge on any atom is 0.202 e. The molecule has 0 radical (unpaired) electrons.